The molecule has 1 saturated carbocycles. The molecule has 3 rings (SSSR count). The number of aromatic nitrogens is 1. The second-order valence-electron chi connectivity index (χ2n) is 4.71. The van der Waals surface area contributed by atoms with Crippen molar-refractivity contribution in [1.29, 1.82) is 0 Å². The van der Waals surface area contributed by atoms with Crippen molar-refractivity contribution in [3.63, 3.8) is 0 Å². The van der Waals surface area contributed by atoms with Crippen LogP contribution in [0.15, 0.2) is 12.2 Å². The van der Waals surface area contributed by atoms with E-state index in [1.165, 1.54) is 24.2 Å². The summed E-state index contributed by atoms with van der Waals surface area (Å²) in [5, 5.41) is 4.36. The van der Waals surface area contributed by atoms with Gasteiger partial charge in [0.05, 0.1) is 0 Å². The maximum atomic E-state index is 10.7. The van der Waals surface area contributed by atoms with E-state index in [0.717, 1.165) is 29.8 Å². The Hall–Kier alpha value is -0.870. The van der Waals surface area contributed by atoms with Crippen LogP contribution in [0.4, 0.5) is 5.13 Å². The first-order chi connectivity index (χ1) is 8.26. The number of rotatable bonds is 4. The number of anilines is 1. The van der Waals surface area contributed by atoms with Gasteiger partial charge in [-0.05, 0) is 30.6 Å². The lowest BCUT2D eigenvalue weighted by Crippen LogP contribution is -2.18. The van der Waals surface area contributed by atoms with Crippen LogP contribution in [0.3, 0.4) is 0 Å². The summed E-state index contributed by atoms with van der Waals surface area (Å²) in [7, 11) is 0. The van der Waals surface area contributed by atoms with E-state index in [9.17, 15) is 4.79 Å². The molecule has 0 spiro atoms. The molecular weight excluding hydrogens is 256 g/mol. The van der Waals surface area contributed by atoms with Crippen molar-refractivity contribution >= 4 is 34.4 Å². The molecule has 0 aromatic carbocycles. The van der Waals surface area contributed by atoms with E-state index in [1.807, 2.05) is 0 Å². The monoisotopic (exact) mass is 268 g/mol. The van der Waals surface area contributed by atoms with Crippen LogP contribution < -0.4 is 5.32 Å². The van der Waals surface area contributed by atoms with Crippen LogP contribution >= 0.6 is 22.9 Å². The minimum absolute atomic E-state index is 0.306. The van der Waals surface area contributed by atoms with E-state index in [-0.39, 0.29) is 0 Å². The summed E-state index contributed by atoms with van der Waals surface area (Å²) in [4.78, 5) is 15.3. The van der Waals surface area contributed by atoms with E-state index >= 15 is 0 Å². The van der Waals surface area contributed by atoms with E-state index in [4.69, 9.17) is 11.6 Å². The Balaban J connectivity index is 1.60. The number of carbonyl (C=O) groups is 1. The highest BCUT2D eigenvalue weighted by atomic mass is 35.5. The number of hydrogen-bond donors (Lipinski definition) is 1. The zero-order valence-corrected chi connectivity index (χ0v) is 10.8. The molecule has 2 bridgehead atoms. The van der Waals surface area contributed by atoms with Crippen molar-refractivity contribution in [2.75, 3.05) is 11.9 Å². The zero-order valence-electron chi connectivity index (χ0n) is 9.23. The summed E-state index contributed by atoms with van der Waals surface area (Å²) in [6, 6.07) is 0. The van der Waals surface area contributed by atoms with Gasteiger partial charge in [0.1, 0.15) is 4.88 Å². The Morgan fingerprint density at radius 3 is 3.00 bits per heavy atom. The number of carbonyl (C=O) groups excluding carboxylic acids is 1. The predicted octanol–water partition coefficient (Wildman–Crippen LogP) is 3.23. The van der Waals surface area contributed by atoms with Crippen molar-refractivity contribution in [1.82, 2.24) is 4.98 Å². The summed E-state index contributed by atoms with van der Waals surface area (Å²) in [6.45, 7) is 0.924. The van der Waals surface area contributed by atoms with Crippen LogP contribution in [0.25, 0.3) is 0 Å². The first kappa shape index (κ1) is 11.2. The number of halogens is 1. The number of aldehydes is 1. The minimum Gasteiger partial charge on any atom is -0.361 e. The van der Waals surface area contributed by atoms with Gasteiger partial charge in [0, 0.05) is 6.54 Å². The smallest absolute Gasteiger partial charge is 0.184 e. The van der Waals surface area contributed by atoms with Crippen LogP contribution in [0.2, 0.25) is 5.15 Å². The van der Waals surface area contributed by atoms with Crippen molar-refractivity contribution in [2.45, 2.75) is 12.8 Å². The van der Waals surface area contributed by atoms with Gasteiger partial charge in [-0.1, -0.05) is 35.1 Å². The minimum atomic E-state index is 0.306. The highest BCUT2D eigenvalue weighted by molar-refractivity contribution is 7.17. The lowest BCUT2D eigenvalue weighted by molar-refractivity contribution is 0.112. The van der Waals surface area contributed by atoms with Gasteiger partial charge in [0.2, 0.25) is 0 Å². The molecule has 2 aliphatic rings. The molecule has 1 N–H and O–H groups in total. The first-order valence-electron chi connectivity index (χ1n) is 5.80. The summed E-state index contributed by atoms with van der Waals surface area (Å²) >= 11 is 7.14. The third-order valence-electron chi connectivity index (χ3n) is 3.65. The standard InChI is InChI=1S/C12H13ClN2OS/c13-11-10(6-16)17-12(15-11)14-5-9-4-7-1-2-8(9)3-7/h1-2,6-9H,3-5H2,(H,14,15). The molecule has 0 radical (unpaired) electrons. The molecule has 1 aromatic rings. The number of nitrogens with one attached hydrogen (secondary N) is 1. The van der Waals surface area contributed by atoms with Crippen molar-refractivity contribution in [3.8, 4) is 0 Å². The number of thiazole rings is 1. The number of fused-ring (bicyclic) bond motifs is 2. The van der Waals surface area contributed by atoms with E-state index in [2.05, 4.69) is 22.5 Å². The normalized spacial score (nSPS) is 29.8. The molecule has 17 heavy (non-hydrogen) atoms. The molecule has 5 heteroatoms. The lowest BCUT2D eigenvalue weighted by Gasteiger charge is -2.17. The summed E-state index contributed by atoms with van der Waals surface area (Å²) in [6.07, 6.45) is 8.02. The van der Waals surface area contributed by atoms with E-state index < -0.39 is 0 Å². The molecule has 3 unspecified atom stereocenters. The number of nitrogens with zero attached hydrogens (tertiary/aromatic N) is 1. The Morgan fingerprint density at radius 1 is 1.53 bits per heavy atom. The number of allylic oxidation sites excluding steroid dienone is 2. The van der Waals surface area contributed by atoms with Crippen LogP contribution in [0.5, 0.6) is 0 Å². The van der Waals surface area contributed by atoms with Gasteiger partial charge in [-0.15, -0.1) is 0 Å². The molecule has 0 amide bonds. The fraction of sp³-hybridized carbons (Fsp3) is 0.500. The zero-order chi connectivity index (χ0) is 11.8. The molecule has 90 valence electrons. The second-order valence-corrected chi connectivity index (χ2v) is 6.10. The van der Waals surface area contributed by atoms with Gasteiger partial charge in [-0.25, -0.2) is 4.98 Å². The largest absolute Gasteiger partial charge is 0.361 e. The second kappa shape index (κ2) is 4.42. The van der Waals surface area contributed by atoms with E-state index in [1.54, 1.807) is 0 Å². The van der Waals surface area contributed by atoms with Gasteiger partial charge in [-0.3, -0.25) is 4.79 Å². The third-order valence-corrected chi connectivity index (χ3v) is 4.99. The van der Waals surface area contributed by atoms with Crippen molar-refractivity contribution in [3.05, 3.63) is 22.2 Å². The summed E-state index contributed by atoms with van der Waals surface area (Å²) < 4.78 is 0. The molecule has 1 heterocycles. The third kappa shape index (κ3) is 2.11. The SMILES string of the molecule is O=Cc1sc(NCC2CC3C=CC2C3)nc1Cl. The lowest BCUT2D eigenvalue weighted by atomic mass is 9.94. The van der Waals surface area contributed by atoms with Gasteiger partial charge in [0.15, 0.2) is 16.6 Å². The average Bonchev–Trinajstić information content (AvgIpc) is 3.00. The quantitative estimate of drug-likeness (QED) is 0.673. The van der Waals surface area contributed by atoms with Gasteiger partial charge in [0.25, 0.3) is 0 Å². The molecule has 3 atom stereocenters. The van der Waals surface area contributed by atoms with Crippen LogP contribution in [0, 0.1) is 17.8 Å². The molecule has 2 aliphatic carbocycles. The van der Waals surface area contributed by atoms with Gasteiger partial charge < -0.3 is 5.32 Å². The fourth-order valence-electron chi connectivity index (χ4n) is 2.81. The summed E-state index contributed by atoms with van der Waals surface area (Å²) in [5.74, 6) is 2.22. The maximum Gasteiger partial charge on any atom is 0.184 e. The molecule has 0 saturated heterocycles. The molecular formula is C12H13ClN2OS. The fourth-order valence-corrected chi connectivity index (χ4v) is 3.78. The summed E-state index contributed by atoms with van der Waals surface area (Å²) in [5.41, 5.74) is 0. The highest BCUT2D eigenvalue weighted by Crippen LogP contribution is 2.43. The van der Waals surface area contributed by atoms with Crippen molar-refractivity contribution < 1.29 is 4.79 Å². The van der Waals surface area contributed by atoms with Crippen LogP contribution in [0.1, 0.15) is 22.5 Å². The maximum absolute atomic E-state index is 10.7. The topological polar surface area (TPSA) is 42.0 Å². The first-order valence-corrected chi connectivity index (χ1v) is 6.99. The Labute approximate surface area is 109 Å². The Kier molecular flexibility index (Phi) is 2.92. The molecule has 1 aromatic heterocycles. The molecule has 0 aliphatic heterocycles. The van der Waals surface area contributed by atoms with E-state index in [0.29, 0.717) is 15.9 Å². The van der Waals surface area contributed by atoms with Crippen molar-refractivity contribution in [2.24, 2.45) is 17.8 Å². The Bertz CT molecular complexity index is 471. The predicted molar refractivity (Wildman–Crippen MR) is 69.8 cm³/mol. The van der Waals surface area contributed by atoms with Crippen LogP contribution in [-0.4, -0.2) is 17.8 Å². The molecule has 1 fully saturated rings. The average molecular weight is 269 g/mol. The van der Waals surface area contributed by atoms with Gasteiger partial charge >= 0.3 is 0 Å². The number of hydrogen-bond acceptors (Lipinski definition) is 4. The highest BCUT2D eigenvalue weighted by Gasteiger charge is 2.35. The molecule has 3 nitrogen and oxygen atoms in total. The van der Waals surface area contributed by atoms with Gasteiger partial charge in [-0.2, -0.15) is 0 Å². The Morgan fingerprint density at radius 2 is 2.41 bits per heavy atom. The van der Waals surface area contributed by atoms with Crippen LogP contribution in [-0.2, 0) is 0 Å².